The summed E-state index contributed by atoms with van der Waals surface area (Å²) in [6.45, 7) is 4.72. The summed E-state index contributed by atoms with van der Waals surface area (Å²) in [7, 11) is 2.06. The molecule has 1 saturated heterocycles. The summed E-state index contributed by atoms with van der Waals surface area (Å²) in [4.78, 5) is 40.9. The van der Waals surface area contributed by atoms with E-state index in [2.05, 4.69) is 34.2 Å². The van der Waals surface area contributed by atoms with Crippen LogP contribution in [0.25, 0.3) is 0 Å². The van der Waals surface area contributed by atoms with Crippen molar-refractivity contribution in [3.63, 3.8) is 0 Å². The molecule has 0 saturated carbocycles. The second-order valence-corrected chi connectivity index (χ2v) is 5.85. The number of H-pyrrole nitrogens is 2. The highest BCUT2D eigenvalue weighted by molar-refractivity contribution is 5.78. The third-order valence-electron chi connectivity index (χ3n) is 3.71. The minimum Gasteiger partial charge on any atom is -0.355 e. The van der Waals surface area contributed by atoms with Crippen LogP contribution in [0.15, 0.2) is 15.8 Å². The average molecular weight is 280 g/mol. The van der Waals surface area contributed by atoms with E-state index in [1.807, 2.05) is 0 Å². The predicted octanol–water partition coefficient (Wildman–Crippen LogP) is -0.936. The summed E-state index contributed by atoms with van der Waals surface area (Å²) in [5.74, 6) is -0.210. The van der Waals surface area contributed by atoms with Crippen LogP contribution in [-0.2, 0) is 11.2 Å². The van der Waals surface area contributed by atoms with Crippen LogP contribution >= 0.6 is 0 Å². The fraction of sp³-hybridized carbons (Fsp3) is 0.615. The molecule has 110 valence electrons. The van der Waals surface area contributed by atoms with E-state index in [0.29, 0.717) is 6.54 Å². The molecule has 1 amide bonds. The van der Waals surface area contributed by atoms with E-state index >= 15 is 0 Å². The quantitative estimate of drug-likeness (QED) is 0.663. The molecule has 2 heterocycles. The molecule has 0 spiro atoms. The molecule has 1 aliphatic rings. The number of nitrogens with zero attached hydrogens (tertiary/aromatic N) is 1. The van der Waals surface area contributed by atoms with Crippen LogP contribution in [0.3, 0.4) is 0 Å². The molecule has 1 atom stereocenters. The molecule has 7 heteroatoms. The first-order chi connectivity index (χ1) is 9.38. The summed E-state index contributed by atoms with van der Waals surface area (Å²) in [6, 6.07) is 0. The van der Waals surface area contributed by atoms with Crippen molar-refractivity contribution in [2.24, 2.45) is 5.41 Å². The van der Waals surface area contributed by atoms with E-state index in [1.165, 1.54) is 6.20 Å². The molecule has 1 aliphatic heterocycles. The van der Waals surface area contributed by atoms with Crippen LogP contribution in [0.4, 0.5) is 0 Å². The van der Waals surface area contributed by atoms with Crippen molar-refractivity contribution in [3.8, 4) is 0 Å². The Morgan fingerprint density at radius 2 is 2.25 bits per heavy atom. The number of nitrogens with one attached hydrogen (secondary N) is 3. The number of rotatable bonds is 4. The van der Waals surface area contributed by atoms with Gasteiger partial charge in [-0.3, -0.25) is 14.6 Å². The third-order valence-corrected chi connectivity index (χ3v) is 3.71. The summed E-state index contributed by atoms with van der Waals surface area (Å²) in [6.07, 6.45) is 2.30. The number of amides is 1. The van der Waals surface area contributed by atoms with Gasteiger partial charge in [0.1, 0.15) is 0 Å². The Balaban J connectivity index is 1.90. The number of hydrogen-bond acceptors (Lipinski definition) is 4. The van der Waals surface area contributed by atoms with E-state index in [9.17, 15) is 14.4 Å². The second kappa shape index (κ2) is 5.62. The maximum atomic E-state index is 11.9. The van der Waals surface area contributed by atoms with Gasteiger partial charge in [0, 0.05) is 24.8 Å². The van der Waals surface area contributed by atoms with Gasteiger partial charge in [0.25, 0.3) is 5.56 Å². The van der Waals surface area contributed by atoms with Gasteiger partial charge < -0.3 is 15.2 Å². The van der Waals surface area contributed by atoms with E-state index in [4.69, 9.17) is 0 Å². The first kappa shape index (κ1) is 14.5. The normalized spacial score (nSPS) is 22.9. The molecule has 2 rings (SSSR count). The van der Waals surface area contributed by atoms with Gasteiger partial charge in [0.05, 0.1) is 6.42 Å². The van der Waals surface area contributed by atoms with Crippen molar-refractivity contribution in [2.45, 2.75) is 19.8 Å². The van der Waals surface area contributed by atoms with Crippen molar-refractivity contribution >= 4 is 5.91 Å². The minimum absolute atomic E-state index is 0.0297. The molecule has 1 unspecified atom stereocenters. The molecule has 0 bridgehead atoms. The Labute approximate surface area is 116 Å². The summed E-state index contributed by atoms with van der Waals surface area (Å²) < 4.78 is 0. The number of hydrogen-bond donors (Lipinski definition) is 3. The topological polar surface area (TPSA) is 98.1 Å². The van der Waals surface area contributed by atoms with Crippen molar-refractivity contribution in [1.29, 1.82) is 0 Å². The Bertz CT molecular complexity index is 606. The van der Waals surface area contributed by atoms with Gasteiger partial charge in [-0.15, -0.1) is 0 Å². The maximum absolute atomic E-state index is 11.9. The van der Waals surface area contributed by atoms with E-state index < -0.39 is 11.2 Å². The summed E-state index contributed by atoms with van der Waals surface area (Å²) in [5.41, 5.74) is -0.742. The lowest BCUT2D eigenvalue weighted by Gasteiger charge is -2.24. The summed E-state index contributed by atoms with van der Waals surface area (Å²) in [5, 5.41) is 2.87. The van der Waals surface area contributed by atoms with Crippen LogP contribution in [0.5, 0.6) is 0 Å². The van der Waals surface area contributed by atoms with Gasteiger partial charge >= 0.3 is 5.69 Å². The molecule has 1 fully saturated rings. The molecule has 1 aromatic heterocycles. The molecular formula is C13H20N4O3. The van der Waals surface area contributed by atoms with E-state index in [-0.39, 0.29) is 23.3 Å². The standard InChI is InChI=1S/C13H20N4O3/c1-13(3-4-17(2)8-13)7-15-10(18)5-9-6-14-12(20)16-11(9)19/h6H,3-5,7-8H2,1-2H3,(H,15,18)(H2,14,16,19,20). The SMILES string of the molecule is CN1CCC(C)(CNC(=O)Cc2c[nH]c(=O)[nH]c2=O)C1. The third kappa shape index (κ3) is 3.57. The number of aromatic nitrogens is 2. The fourth-order valence-electron chi connectivity index (χ4n) is 2.53. The lowest BCUT2D eigenvalue weighted by atomic mass is 9.90. The zero-order valence-electron chi connectivity index (χ0n) is 11.8. The van der Waals surface area contributed by atoms with E-state index in [0.717, 1.165) is 19.5 Å². The van der Waals surface area contributed by atoms with Crippen molar-refractivity contribution in [1.82, 2.24) is 20.2 Å². The highest BCUT2D eigenvalue weighted by Gasteiger charge is 2.32. The first-order valence-corrected chi connectivity index (χ1v) is 6.64. The van der Waals surface area contributed by atoms with Gasteiger partial charge in [0.15, 0.2) is 0 Å². The van der Waals surface area contributed by atoms with Crippen LogP contribution in [0, 0.1) is 5.41 Å². The number of likely N-dealkylation sites (tertiary alicyclic amines) is 1. The number of aromatic amines is 2. The highest BCUT2D eigenvalue weighted by Crippen LogP contribution is 2.27. The van der Waals surface area contributed by atoms with Crippen LogP contribution in [0.1, 0.15) is 18.9 Å². The van der Waals surface area contributed by atoms with Crippen LogP contribution in [-0.4, -0.2) is 47.5 Å². The monoisotopic (exact) mass is 280 g/mol. The molecule has 20 heavy (non-hydrogen) atoms. The Morgan fingerprint density at radius 3 is 2.85 bits per heavy atom. The van der Waals surface area contributed by atoms with Gasteiger partial charge in [0.2, 0.25) is 5.91 Å². The number of carbonyl (C=O) groups is 1. The van der Waals surface area contributed by atoms with Crippen LogP contribution < -0.4 is 16.6 Å². The van der Waals surface area contributed by atoms with Crippen molar-refractivity contribution in [3.05, 3.63) is 32.6 Å². The zero-order valence-corrected chi connectivity index (χ0v) is 11.8. The Morgan fingerprint density at radius 1 is 1.50 bits per heavy atom. The largest absolute Gasteiger partial charge is 0.355 e. The minimum atomic E-state index is -0.569. The highest BCUT2D eigenvalue weighted by atomic mass is 16.2. The molecule has 0 aliphatic carbocycles. The van der Waals surface area contributed by atoms with Crippen molar-refractivity contribution in [2.75, 3.05) is 26.7 Å². The lowest BCUT2D eigenvalue weighted by Crippen LogP contribution is -2.38. The number of carbonyl (C=O) groups excluding carboxylic acids is 1. The van der Waals surface area contributed by atoms with Gasteiger partial charge in [-0.2, -0.15) is 0 Å². The molecule has 3 N–H and O–H groups in total. The lowest BCUT2D eigenvalue weighted by molar-refractivity contribution is -0.120. The second-order valence-electron chi connectivity index (χ2n) is 5.85. The smallest absolute Gasteiger partial charge is 0.325 e. The predicted molar refractivity (Wildman–Crippen MR) is 74.6 cm³/mol. The van der Waals surface area contributed by atoms with E-state index in [1.54, 1.807) is 0 Å². The molecular weight excluding hydrogens is 260 g/mol. The Kier molecular flexibility index (Phi) is 4.08. The average Bonchev–Trinajstić information content (AvgIpc) is 2.71. The Hall–Kier alpha value is -1.89. The zero-order chi connectivity index (χ0) is 14.8. The van der Waals surface area contributed by atoms with Crippen molar-refractivity contribution < 1.29 is 4.79 Å². The molecule has 7 nitrogen and oxygen atoms in total. The van der Waals surface area contributed by atoms with Gasteiger partial charge in [-0.25, -0.2) is 4.79 Å². The summed E-state index contributed by atoms with van der Waals surface area (Å²) >= 11 is 0. The molecule has 0 aromatic carbocycles. The fourth-order valence-corrected chi connectivity index (χ4v) is 2.53. The maximum Gasteiger partial charge on any atom is 0.325 e. The van der Waals surface area contributed by atoms with Crippen LogP contribution in [0.2, 0.25) is 0 Å². The molecule has 0 radical (unpaired) electrons. The first-order valence-electron chi connectivity index (χ1n) is 6.64. The molecule has 1 aromatic rings. The van der Waals surface area contributed by atoms with Gasteiger partial charge in [-0.05, 0) is 25.4 Å². The van der Waals surface area contributed by atoms with Gasteiger partial charge in [-0.1, -0.05) is 6.92 Å².